The highest BCUT2D eigenvalue weighted by Gasteiger charge is 2.37. The van der Waals surface area contributed by atoms with E-state index in [9.17, 15) is 9.59 Å². The molecular formula is C26H13Cl2N3O2S. The van der Waals surface area contributed by atoms with Gasteiger partial charge in [0.15, 0.2) is 22.0 Å². The molecule has 1 aliphatic rings. The molecule has 0 N–H and O–H groups in total. The van der Waals surface area contributed by atoms with Crippen LogP contribution in [-0.2, 0) is 0 Å². The third-order valence-corrected chi connectivity index (χ3v) is 7.22. The molecule has 0 aliphatic heterocycles. The average molecular weight is 502 g/mol. The van der Waals surface area contributed by atoms with E-state index in [1.807, 2.05) is 65.2 Å². The lowest BCUT2D eigenvalue weighted by Gasteiger charge is -2.06. The van der Waals surface area contributed by atoms with Gasteiger partial charge in [0.05, 0.1) is 26.7 Å². The lowest BCUT2D eigenvalue weighted by molar-refractivity contribution is 0.0990. The number of allylic oxidation sites excluding steroid dienone is 1. The van der Waals surface area contributed by atoms with E-state index in [-0.39, 0.29) is 26.7 Å². The van der Waals surface area contributed by atoms with Gasteiger partial charge in [0, 0.05) is 11.3 Å². The van der Waals surface area contributed by atoms with Crippen molar-refractivity contribution >= 4 is 62.7 Å². The molecule has 1 aliphatic carbocycles. The van der Waals surface area contributed by atoms with Gasteiger partial charge in [0.2, 0.25) is 0 Å². The first-order chi connectivity index (χ1) is 16.5. The second kappa shape index (κ2) is 8.02. The summed E-state index contributed by atoms with van der Waals surface area (Å²) in [6.07, 6.45) is 1.50. The Morgan fingerprint density at radius 2 is 1.35 bits per heavy atom. The van der Waals surface area contributed by atoms with E-state index in [1.54, 1.807) is 0 Å². The van der Waals surface area contributed by atoms with Crippen LogP contribution in [0.5, 0.6) is 0 Å². The summed E-state index contributed by atoms with van der Waals surface area (Å²) in [6.45, 7) is 0. The SMILES string of the molecule is O=C1C(=Cc2nc3sc(-c4ccccc4)nc3n2-c2ccccc2)C(=O)c2c(Cl)ccc(Cl)c21. The first kappa shape index (κ1) is 21.0. The van der Waals surface area contributed by atoms with E-state index in [2.05, 4.69) is 0 Å². The van der Waals surface area contributed by atoms with Gasteiger partial charge in [0.1, 0.15) is 10.8 Å². The standard InChI is InChI=1S/C26H13Cl2N3O2S/c27-17-11-12-18(28)21-20(17)22(32)16(23(21)33)13-19-29-26-24(31(19)15-9-5-2-6-10-15)30-25(34-26)14-7-3-1-4-8-14/h1-13H. The molecule has 34 heavy (non-hydrogen) atoms. The molecule has 0 unspecified atom stereocenters. The van der Waals surface area contributed by atoms with Gasteiger partial charge in [-0.25, -0.2) is 9.97 Å². The van der Waals surface area contributed by atoms with E-state index in [0.29, 0.717) is 16.3 Å². The number of Topliss-reactive ketones (excluding diaryl/α,β-unsaturated/α-hetero) is 2. The van der Waals surface area contributed by atoms with Crippen LogP contribution in [0.2, 0.25) is 10.0 Å². The minimum absolute atomic E-state index is 0.0249. The molecule has 0 atom stereocenters. The topological polar surface area (TPSA) is 64.8 Å². The zero-order valence-electron chi connectivity index (χ0n) is 17.3. The quantitative estimate of drug-likeness (QED) is 0.199. The smallest absolute Gasteiger partial charge is 0.199 e. The van der Waals surface area contributed by atoms with Crippen molar-refractivity contribution in [3.63, 3.8) is 0 Å². The first-order valence-corrected chi connectivity index (χ1v) is 11.9. The fraction of sp³-hybridized carbons (Fsp3) is 0. The summed E-state index contributed by atoms with van der Waals surface area (Å²) < 4.78 is 1.85. The van der Waals surface area contributed by atoms with Gasteiger partial charge >= 0.3 is 0 Å². The largest absolute Gasteiger partial charge is 0.288 e. The van der Waals surface area contributed by atoms with Crippen LogP contribution in [0.1, 0.15) is 26.5 Å². The fourth-order valence-corrected chi connectivity index (χ4v) is 5.47. The Hall–Kier alpha value is -3.58. The minimum atomic E-state index is -0.462. The molecule has 0 bridgehead atoms. The van der Waals surface area contributed by atoms with Crippen molar-refractivity contribution in [2.24, 2.45) is 0 Å². The van der Waals surface area contributed by atoms with Crippen molar-refractivity contribution in [2.75, 3.05) is 0 Å². The summed E-state index contributed by atoms with van der Waals surface area (Å²) in [4.78, 5) is 36.6. The van der Waals surface area contributed by atoms with Gasteiger partial charge in [0.25, 0.3) is 0 Å². The zero-order valence-corrected chi connectivity index (χ0v) is 19.7. The van der Waals surface area contributed by atoms with Gasteiger partial charge < -0.3 is 0 Å². The van der Waals surface area contributed by atoms with Crippen LogP contribution in [0.15, 0.2) is 78.4 Å². The highest BCUT2D eigenvalue weighted by molar-refractivity contribution is 7.21. The number of nitrogens with zero attached hydrogens (tertiary/aromatic N) is 3. The van der Waals surface area contributed by atoms with Crippen molar-refractivity contribution in [1.29, 1.82) is 0 Å². The van der Waals surface area contributed by atoms with Crippen molar-refractivity contribution in [1.82, 2.24) is 14.5 Å². The maximum atomic E-state index is 13.1. The number of rotatable bonds is 3. The van der Waals surface area contributed by atoms with Crippen molar-refractivity contribution in [3.05, 3.63) is 105 Å². The number of ketones is 2. The molecule has 3 aromatic carbocycles. The Balaban J connectivity index is 1.55. The molecule has 0 saturated heterocycles. The fourth-order valence-electron chi connectivity index (χ4n) is 4.05. The molecule has 5 nitrogen and oxygen atoms in total. The third-order valence-electron chi connectivity index (χ3n) is 5.60. The Morgan fingerprint density at radius 3 is 1.97 bits per heavy atom. The summed E-state index contributed by atoms with van der Waals surface area (Å²) in [6, 6.07) is 22.5. The molecule has 0 fully saturated rings. The zero-order chi connectivity index (χ0) is 23.4. The van der Waals surface area contributed by atoms with Crippen LogP contribution in [0.3, 0.4) is 0 Å². The molecular weight excluding hydrogens is 489 g/mol. The van der Waals surface area contributed by atoms with Gasteiger partial charge in [-0.1, -0.05) is 83.1 Å². The normalized spacial score (nSPS) is 13.1. The highest BCUT2D eigenvalue weighted by atomic mass is 35.5. The average Bonchev–Trinajstić information content (AvgIpc) is 3.49. The van der Waals surface area contributed by atoms with E-state index in [1.165, 1.54) is 29.5 Å². The van der Waals surface area contributed by atoms with Crippen LogP contribution < -0.4 is 0 Å². The Kier molecular flexibility index (Phi) is 4.95. The van der Waals surface area contributed by atoms with Crippen LogP contribution in [0, 0.1) is 0 Å². The molecule has 0 radical (unpaired) electrons. The molecule has 0 amide bonds. The molecule has 2 aromatic heterocycles. The number of carbonyl (C=O) groups excluding carboxylic acids is 2. The second-order valence-corrected chi connectivity index (χ2v) is 9.44. The summed E-state index contributed by atoms with van der Waals surface area (Å²) in [7, 11) is 0. The Bertz CT molecular complexity index is 1610. The predicted molar refractivity (Wildman–Crippen MR) is 135 cm³/mol. The number of hydrogen-bond donors (Lipinski definition) is 0. The number of para-hydroxylation sites is 1. The third kappa shape index (κ3) is 3.22. The van der Waals surface area contributed by atoms with Gasteiger partial charge in [-0.15, -0.1) is 0 Å². The molecule has 164 valence electrons. The number of hydrogen-bond acceptors (Lipinski definition) is 5. The lowest BCUT2D eigenvalue weighted by atomic mass is 10.1. The maximum absolute atomic E-state index is 13.1. The van der Waals surface area contributed by atoms with Crippen molar-refractivity contribution in [3.8, 4) is 16.3 Å². The van der Waals surface area contributed by atoms with E-state index < -0.39 is 11.6 Å². The second-order valence-electron chi connectivity index (χ2n) is 7.65. The number of imidazole rings is 1. The summed E-state index contributed by atoms with van der Waals surface area (Å²) in [5.41, 5.74) is 2.69. The van der Waals surface area contributed by atoms with Crippen LogP contribution in [0.4, 0.5) is 0 Å². The number of thiazole rings is 1. The monoisotopic (exact) mass is 501 g/mol. The first-order valence-electron chi connectivity index (χ1n) is 10.3. The summed E-state index contributed by atoms with van der Waals surface area (Å²) in [5.74, 6) is -0.496. The maximum Gasteiger partial charge on any atom is 0.199 e. The Labute approximate surface area is 207 Å². The Morgan fingerprint density at radius 1 is 0.765 bits per heavy atom. The van der Waals surface area contributed by atoms with Gasteiger partial charge in [-0.05, 0) is 30.3 Å². The molecule has 0 spiro atoms. The molecule has 8 heteroatoms. The van der Waals surface area contributed by atoms with Crippen LogP contribution in [-0.4, -0.2) is 26.1 Å². The molecule has 0 saturated carbocycles. The van der Waals surface area contributed by atoms with E-state index in [4.69, 9.17) is 33.2 Å². The number of aromatic nitrogens is 3. The van der Waals surface area contributed by atoms with E-state index >= 15 is 0 Å². The number of fused-ring (bicyclic) bond motifs is 2. The van der Waals surface area contributed by atoms with Crippen LogP contribution in [0.25, 0.3) is 32.8 Å². The molecule has 6 rings (SSSR count). The molecule has 2 heterocycles. The van der Waals surface area contributed by atoms with Crippen LogP contribution >= 0.6 is 34.5 Å². The van der Waals surface area contributed by atoms with Gasteiger partial charge in [-0.2, -0.15) is 0 Å². The molecule has 5 aromatic rings. The number of carbonyl (C=O) groups is 2. The lowest BCUT2D eigenvalue weighted by Crippen LogP contribution is -2.04. The summed E-state index contributed by atoms with van der Waals surface area (Å²) >= 11 is 13.9. The van der Waals surface area contributed by atoms with Gasteiger partial charge in [-0.3, -0.25) is 14.2 Å². The predicted octanol–water partition coefficient (Wildman–Crippen LogP) is 6.92. The highest BCUT2D eigenvalue weighted by Crippen LogP contribution is 2.38. The number of halogens is 2. The number of benzene rings is 3. The van der Waals surface area contributed by atoms with Crippen molar-refractivity contribution in [2.45, 2.75) is 0 Å². The van der Waals surface area contributed by atoms with Crippen molar-refractivity contribution < 1.29 is 9.59 Å². The summed E-state index contributed by atoms with van der Waals surface area (Å²) in [5, 5.41) is 1.23. The minimum Gasteiger partial charge on any atom is -0.288 e. The van der Waals surface area contributed by atoms with E-state index in [0.717, 1.165) is 16.3 Å².